The minimum Gasteiger partial charge on any atom is -0.0619 e. The van der Waals surface area contributed by atoms with Gasteiger partial charge in [-0.3, -0.25) is 0 Å². The van der Waals surface area contributed by atoms with Gasteiger partial charge in [0.25, 0.3) is 0 Å². The second-order valence-electron chi connectivity index (χ2n) is 9.20. The molecule has 1 saturated carbocycles. The quantitative estimate of drug-likeness (QED) is 0.306. The first-order valence-electron chi connectivity index (χ1n) is 11.0. The molecular weight excluding hydrogens is 360 g/mol. The van der Waals surface area contributed by atoms with Crippen molar-refractivity contribution in [2.75, 3.05) is 0 Å². The Labute approximate surface area is 176 Å². The van der Waals surface area contributed by atoms with Crippen molar-refractivity contribution >= 4 is 11.1 Å². The molecule has 0 heterocycles. The van der Waals surface area contributed by atoms with Crippen molar-refractivity contribution in [3.63, 3.8) is 0 Å². The summed E-state index contributed by atoms with van der Waals surface area (Å²) in [5, 5.41) is 0. The summed E-state index contributed by atoms with van der Waals surface area (Å²) in [4.78, 5) is 0. The molecule has 0 aromatic heterocycles. The van der Waals surface area contributed by atoms with E-state index >= 15 is 0 Å². The van der Waals surface area contributed by atoms with Gasteiger partial charge >= 0.3 is 0 Å². The fourth-order valence-electron chi connectivity index (χ4n) is 7.19. The van der Waals surface area contributed by atoms with Crippen LogP contribution in [0.15, 0.2) is 97.1 Å². The Balaban J connectivity index is 1.70. The summed E-state index contributed by atoms with van der Waals surface area (Å²) < 4.78 is 0. The van der Waals surface area contributed by atoms with Gasteiger partial charge in [0.2, 0.25) is 0 Å². The second-order valence-corrected chi connectivity index (χ2v) is 9.20. The zero-order valence-electron chi connectivity index (χ0n) is 16.5. The smallest absolute Gasteiger partial charge is 0.000544 e. The summed E-state index contributed by atoms with van der Waals surface area (Å²) in [6.45, 7) is 0. The molecule has 0 amide bonds. The summed E-state index contributed by atoms with van der Waals surface area (Å²) in [5.41, 5.74) is 14.9. The van der Waals surface area contributed by atoms with E-state index in [1.54, 1.807) is 22.3 Å². The number of hydrogen-bond acceptors (Lipinski definition) is 0. The molecule has 1 fully saturated rings. The number of hydrogen-bond donors (Lipinski definition) is 0. The van der Waals surface area contributed by atoms with Crippen molar-refractivity contribution in [2.45, 2.75) is 23.7 Å². The second kappa shape index (κ2) is 5.21. The molecule has 0 N–H and O–H groups in total. The average Bonchev–Trinajstić information content (AvgIpc) is 2.84. The van der Waals surface area contributed by atoms with Crippen LogP contribution < -0.4 is 0 Å². The summed E-state index contributed by atoms with van der Waals surface area (Å²) >= 11 is 0. The Morgan fingerprint density at radius 3 is 0.800 bits per heavy atom. The third-order valence-corrected chi connectivity index (χ3v) is 8.15. The molecule has 9 rings (SSSR count). The van der Waals surface area contributed by atoms with E-state index in [-0.39, 0.29) is 0 Å². The Kier molecular flexibility index (Phi) is 2.68. The molecule has 30 heavy (non-hydrogen) atoms. The molecule has 0 unspecified atom stereocenters. The van der Waals surface area contributed by atoms with Crippen molar-refractivity contribution in [1.29, 1.82) is 0 Å². The molecule has 0 aliphatic heterocycles. The van der Waals surface area contributed by atoms with Gasteiger partial charge in [-0.2, -0.15) is 0 Å². The normalized spacial score (nSPS) is 25.9. The fourth-order valence-corrected chi connectivity index (χ4v) is 7.19. The zero-order valence-corrected chi connectivity index (χ0v) is 16.5. The van der Waals surface area contributed by atoms with Crippen LogP contribution in [0.1, 0.15) is 68.2 Å². The predicted octanol–water partition coefficient (Wildman–Crippen LogP) is 7.08. The van der Waals surface area contributed by atoms with E-state index in [2.05, 4.69) is 97.1 Å². The Bertz CT molecular complexity index is 1200. The van der Waals surface area contributed by atoms with Crippen LogP contribution in [-0.4, -0.2) is 0 Å². The van der Waals surface area contributed by atoms with Crippen LogP contribution in [0.4, 0.5) is 0 Å². The monoisotopic (exact) mass is 380 g/mol. The number of benzene rings is 4. The molecule has 6 bridgehead atoms. The SMILES string of the molecule is c1ccc2c(c1)C1=C3c4ccccc4C4C2C(c2ccccc21)C4c1ccccc13. The van der Waals surface area contributed by atoms with Crippen molar-refractivity contribution < 1.29 is 0 Å². The van der Waals surface area contributed by atoms with Crippen LogP contribution in [0.3, 0.4) is 0 Å². The minimum atomic E-state index is 0.540. The van der Waals surface area contributed by atoms with Gasteiger partial charge in [0.05, 0.1) is 0 Å². The first-order chi connectivity index (χ1) is 14.9. The molecule has 0 spiro atoms. The highest BCUT2D eigenvalue weighted by molar-refractivity contribution is 6.09. The molecule has 0 saturated heterocycles. The lowest BCUT2D eigenvalue weighted by atomic mass is 9.49. The average molecular weight is 380 g/mol. The van der Waals surface area contributed by atoms with Crippen LogP contribution in [0.25, 0.3) is 11.1 Å². The first kappa shape index (κ1) is 15.5. The van der Waals surface area contributed by atoms with Crippen molar-refractivity contribution in [2.24, 2.45) is 0 Å². The first-order valence-corrected chi connectivity index (χ1v) is 11.0. The third kappa shape index (κ3) is 1.60. The van der Waals surface area contributed by atoms with E-state index in [9.17, 15) is 0 Å². The van der Waals surface area contributed by atoms with Crippen LogP contribution in [-0.2, 0) is 0 Å². The molecule has 0 radical (unpaired) electrons. The van der Waals surface area contributed by atoms with Gasteiger partial charge in [-0.1, -0.05) is 97.1 Å². The van der Waals surface area contributed by atoms with E-state index in [1.165, 1.54) is 33.4 Å². The molecule has 0 atom stereocenters. The lowest BCUT2D eigenvalue weighted by Crippen LogP contribution is -2.40. The summed E-state index contributed by atoms with van der Waals surface area (Å²) in [5.74, 6) is 2.16. The van der Waals surface area contributed by atoms with Gasteiger partial charge in [0, 0.05) is 0 Å². The molecular formula is C30H20. The van der Waals surface area contributed by atoms with E-state index in [0.29, 0.717) is 23.7 Å². The predicted molar refractivity (Wildman–Crippen MR) is 122 cm³/mol. The lowest BCUT2D eigenvalue weighted by Gasteiger charge is -2.53. The highest BCUT2D eigenvalue weighted by Gasteiger charge is 2.58. The summed E-state index contributed by atoms with van der Waals surface area (Å²) in [6.07, 6.45) is 0. The molecule has 4 aromatic carbocycles. The Morgan fingerprint density at radius 1 is 0.300 bits per heavy atom. The zero-order chi connectivity index (χ0) is 19.4. The molecule has 5 aliphatic rings. The van der Waals surface area contributed by atoms with Gasteiger partial charge in [-0.25, -0.2) is 0 Å². The highest BCUT2D eigenvalue weighted by Crippen LogP contribution is 2.73. The Morgan fingerprint density at radius 2 is 0.533 bits per heavy atom. The highest BCUT2D eigenvalue weighted by atomic mass is 14.6. The number of rotatable bonds is 0. The maximum atomic E-state index is 2.41. The van der Waals surface area contributed by atoms with Gasteiger partial charge in [0.1, 0.15) is 0 Å². The third-order valence-electron chi connectivity index (χ3n) is 8.15. The van der Waals surface area contributed by atoms with Crippen LogP contribution in [0.2, 0.25) is 0 Å². The molecule has 5 aliphatic carbocycles. The van der Waals surface area contributed by atoms with Gasteiger partial charge in [-0.15, -0.1) is 0 Å². The standard InChI is InChI=1S/C30H20/c1-5-13-21-17(9-1)25-18-10-2-6-14-22(18)28-27(21)29-23-15-7-3-11-19(23)26(25)20-12-4-8-16-24(20)30(28)29/h1-16,27-30H. The Hall–Kier alpha value is -3.38. The molecule has 0 heteroatoms. The maximum absolute atomic E-state index is 2.41. The van der Waals surface area contributed by atoms with Gasteiger partial charge in [0.15, 0.2) is 0 Å². The van der Waals surface area contributed by atoms with E-state index < -0.39 is 0 Å². The largest absolute Gasteiger partial charge is 0.0619 e. The maximum Gasteiger partial charge on any atom is -0.000544 e. The van der Waals surface area contributed by atoms with Crippen molar-refractivity contribution in [1.82, 2.24) is 0 Å². The molecule has 0 nitrogen and oxygen atoms in total. The van der Waals surface area contributed by atoms with Crippen molar-refractivity contribution in [3.05, 3.63) is 142 Å². The molecule has 4 aromatic rings. The van der Waals surface area contributed by atoms with E-state index in [0.717, 1.165) is 0 Å². The molecule has 140 valence electrons. The summed E-state index contributed by atoms with van der Waals surface area (Å²) in [6, 6.07) is 37.0. The van der Waals surface area contributed by atoms with Crippen molar-refractivity contribution in [3.8, 4) is 0 Å². The fraction of sp³-hybridized carbons (Fsp3) is 0.133. The minimum absolute atomic E-state index is 0.540. The van der Waals surface area contributed by atoms with E-state index in [4.69, 9.17) is 0 Å². The topological polar surface area (TPSA) is 0 Å². The van der Waals surface area contributed by atoms with E-state index in [1.807, 2.05) is 0 Å². The van der Waals surface area contributed by atoms with Crippen LogP contribution >= 0.6 is 0 Å². The van der Waals surface area contributed by atoms with Crippen LogP contribution in [0.5, 0.6) is 0 Å². The van der Waals surface area contributed by atoms with Gasteiger partial charge in [-0.05, 0) is 79.3 Å². The lowest BCUT2D eigenvalue weighted by molar-refractivity contribution is 0.230. The van der Waals surface area contributed by atoms with Gasteiger partial charge < -0.3 is 0 Å². The van der Waals surface area contributed by atoms with Crippen LogP contribution in [0, 0.1) is 0 Å². The summed E-state index contributed by atoms with van der Waals surface area (Å²) in [7, 11) is 0.